The fraction of sp³-hybridized carbons (Fsp3) is 1.00. The second kappa shape index (κ2) is 2.84. The lowest BCUT2D eigenvalue weighted by molar-refractivity contribution is -0.0765. The summed E-state index contributed by atoms with van der Waals surface area (Å²) in [6.07, 6.45) is -2.04. The van der Waals surface area contributed by atoms with Crippen LogP contribution in [0.15, 0.2) is 0 Å². The van der Waals surface area contributed by atoms with E-state index >= 15 is 0 Å². The Morgan fingerprint density at radius 1 is 1.20 bits per heavy atom. The lowest BCUT2D eigenvalue weighted by Gasteiger charge is -2.33. The van der Waals surface area contributed by atoms with Gasteiger partial charge in [0.05, 0.1) is 12.2 Å². The second-order valence-corrected chi connectivity index (χ2v) is 2.77. The molecule has 0 spiro atoms. The van der Waals surface area contributed by atoms with Crippen LogP contribution in [0.5, 0.6) is 0 Å². The van der Waals surface area contributed by atoms with Crippen LogP contribution in [0.25, 0.3) is 0 Å². The van der Waals surface area contributed by atoms with Gasteiger partial charge < -0.3 is 15.3 Å². The molecule has 0 bridgehead atoms. The summed E-state index contributed by atoms with van der Waals surface area (Å²) in [6.45, 7) is 1.76. The van der Waals surface area contributed by atoms with E-state index in [0.29, 0.717) is 0 Å². The molecule has 1 aliphatic rings. The molecule has 10 heavy (non-hydrogen) atoms. The number of piperidine rings is 1. The van der Waals surface area contributed by atoms with Crippen LogP contribution in [-0.2, 0) is 0 Å². The topological polar surface area (TPSA) is 72.7 Å². The maximum atomic E-state index is 9.13. The van der Waals surface area contributed by atoms with E-state index in [1.165, 1.54) is 0 Å². The first kappa shape index (κ1) is 7.94. The van der Waals surface area contributed by atoms with Crippen LogP contribution >= 0.6 is 0 Å². The van der Waals surface area contributed by atoms with Crippen molar-refractivity contribution in [2.75, 3.05) is 0 Å². The second-order valence-electron chi connectivity index (χ2n) is 2.77. The minimum atomic E-state index is -0.890. The third-order valence-corrected chi connectivity index (χ3v) is 1.86. The highest BCUT2D eigenvalue weighted by Crippen LogP contribution is 2.11. The van der Waals surface area contributed by atoms with Gasteiger partial charge in [0, 0.05) is 12.5 Å². The van der Waals surface area contributed by atoms with Gasteiger partial charge in [-0.05, 0) is 6.92 Å². The molecule has 1 fully saturated rings. The van der Waals surface area contributed by atoms with E-state index in [1.54, 1.807) is 6.92 Å². The van der Waals surface area contributed by atoms with Gasteiger partial charge >= 0.3 is 0 Å². The fourth-order valence-electron chi connectivity index (χ4n) is 1.07. The Kier molecular flexibility index (Phi) is 2.25. The van der Waals surface area contributed by atoms with E-state index in [1.807, 2.05) is 0 Å². The molecule has 0 aromatic rings. The lowest BCUT2D eigenvalue weighted by atomic mass is 10.00. The minimum Gasteiger partial charge on any atom is -0.391 e. The maximum Gasteiger partial charge on any atom is 0.131 e. The lowest BCUT2D eigenvalue weighted by Crippen LogP contribution is -2.55. The zero-order valence-electron chi connectivity index (χ0n) is 5.86. The number of hydrogen-bond donors (Lipinski definition) is 4. The summed E-state index contributed by atoms with van der Waals surface area (Å²) in [5.74, 6) is 0. The molecule has 1 unspecified atom stereocenters. The standard InChI is InChI=1S/C6H13NO3/c1-3-4(8)2-5(9)6(10)7-3/h3-10H,2H2,1H3/t3-,4-,5-,6?/m1/s1. The Morgan fingerprint density at radius 2 is 1.80 bits per heavy atom. The van der Waals surface area contributed by atoms with Gasteiger partial charge in [-0.25, -0.2) is 0 Å². The van der Waals surface area contributed by atoms with Crippen LogP contribution in [0.1, 0.15) is 13.3 Å². The summed E-state index contributed by atoms with van der Waals surface area (Å²) in [7, 11) is 0. The Hall–Kier alpha value is -0.160. The highest BCUT2D eigenvalue weighted by atomic mass is 16.3. The zero-order valence-corrected chi connectivity index (χ0v) is 5.86. The highest BCUT2D eigenvalue weighted by Gasteiger charge is 2.30. The van der Waals surface area contributed by atoms with Gasteiger partial charge in [-0.2, -0.15) is 0 Å². The molecule has 0 aliphatic carbocycles. The molecule has 4 atom stereocenters. The highest BCUT2D eigenvalue weighted by molar-refractivity contribution is 4.84. The molecule has 0 radical (unpaired) electrons. The van der Waals surface area contributed by atoms with Crippen molar-refractivity contribution in [2.45, 2.75) is 37.8 Å². The molecule has 1 heterocycles. The summed E-state index contributed by atoms with van der Waals surface area (Å²) in [6, 6.07) is -0.140. The van der Waals surface area contributed by atoms with Gasteiger partial charge in [-0.1, -0.05) is 0 Å². The van der Waals surface area contributed by atoms with Gasteiger partial charge in [0.2, 0.25) is 0 Å². The van der Waals surface area contributed by atoms with Crippen molar-refractivity contribution in [1.29, 1.82) is 0 Å². The van der Waals surface area contributed by atoms with E-state index in [4.69, 9.17) is 15.3 Å². The minimum absolute atomic E-state index is 0.140. The van der Waals surface area contributed by atoms with Crippen molar-refractivity contribution in [1.82, 2.24) is 5.32 Å². The molecule has 1 aliphatic heterocycles. The van der Waals surface area contributed by atoms with Crippen LogP contribution in [0.3, 0.4) is 0 Å². The number of rotatable bonds is 0. The number of hydrogen-bond acceptors (Lipinski definition) is 4. The van der Waals surface area contributed by atoms with Crippen molar-refractivity contribution in [3.63, 3.8) is 0 Å². The maximum absolute atomic E-state index is 9.13. The molecule has 1 saturated heterocycles. The average Bonchev–Trinajstić information content (AvgIpc) is 1.84. The molecule has 4 heteroatoms. The molecule has 1 rings (SSSR count). The summed E-state index contributed by atoms with van der Waals surface area (Å²) >= 11 is 0. The van der Waals surface area contributed by atoms with Gasteiger partial charge in [0.1, 0.15) is 6.23 Å². The third kappa shape index (κ3) is 1.46. The molecule has 4 nitrogen and oxygen atoms in total. The largest absolute Gasteiger partial charge is 0.391 e. The van der Waals surface area contributed by atoms with Crippen LogP contribution in [0.4, 0.5) is 0 Å². The summed E-state index contributed by atoms with van der Waals surface area (Å²) in [5, 5.41) is 29.8. The SMILES string of the molecule is C[C@H]1NC(O)[C@H](O)C[C@H]1O. The molecular weight excluding hydrogens is 134 g/mol. The first-order valence-electron chi connectivity index (χ1n) is 3.41. The Morgan fingerprint density at radius 3 is 2.30 bits per heavy atom. The molecule has 0 amide bonds. The molecular formula is C6H13NO3. The first-order valence-corrected chi connectivity index (χ1v) is 3.41. The monoisotopic (exact) mass is 147 g/mol. The number of nitrogens with one attached hydrogen (secondary N) is 1. The van der Waals surface area contributed by atoms with Crippen molar-refractivity contribution >= 4 is 0 Å². The molecule has 0 saturated carbocycles. The van der Waals surface area contributed by atoms with Crippen LogP contribution in [-0.4, -0.2) is 39.8 Å². The van der Waals surface area contributed by atoms with Gasteiger partial charge in [-0.15, -0.1) is 0 Å². The van der Waals surface area contributed by atoms with Crippen LogP contribution in [0, 0.1) is 0 Å². The zero-order chi connectivity index (χ0) is 7.72. The Bertz CT molecular complexity index is 93.6. The van der Waals surface area contributed by atoms with Crippen molar-refractivity contribution in [3.8, 4) is 0 Å². The summed E-state index contributed by atoms with van der Waals surface area (Å²) in [5.41, 5.74) is 0. The van der Waals surface area contributed by atoms with Crippen molar-refractivity contribution < 1.29 is 15.3 Å². The molecule has 0 aromatic carbocycles. The first-order chi connectivity index (χ1) is 4.61. The quantitative estimate of drug-likeness (QED) is 0.333. The van der Waals surface area contributed by atoms with Gasteiger partial charge in [-0.3, -0.25) is 5.32 Å². The average molecular weight is 147 g/mol. The molecule has 4 N–H and O–H groups in total. The smallest absolute Gasteiger partial charge is 0.131 e. The van der Waals surface area contributed by atoms with E-state index in [0.717, 1.165) is 0 Å². The number of aliphatic hydroxyl groups is 3. The van der Waals surface area contributed by atoms with E-state index in [9.17, 15) is 0 Å². The summed E-state index contributed by atoms with van der Waals surface area (Å²) < 4.78 is 0. The fourth-order valence-corrected chi connectivity index (χ4v) is 1.07. The van der Waals surface area contributed by atoms with Crippen LogP contribution < -0.4 is 5.32 Å². The van der Waals surface area contributed by atoms with E-state index < -0.39 is 18.4 Å². The molecule has 60 valence electrons. The summed E-state index contributed by atoms with van der Waals surface area (Å²) in [4.78, 5) is 0. The van der Waals surface area contributed by atoms with Crippen molar-refractivity contribution in [2.24, 2.45) is 0 Å². The number of aliphatic hydroxyl groups excluding tert-OH is 3. The third-order valence-electron chi connectivity index (χ3n) is 1.86. The Labute approximate surface area is 59.5 Å². The van der Waals surface area contributed by atoms with E-state index in [2.05, 4.69) is 5.32 Å². The van der Waals surface area contributed by atoms with Crippen molar-refractivity contribution in [3.05, 3.63) is 0 Å². The van der Waals surface area contributed by atoms with E-state index in [-0.39, 0.29) is 12.5 Å². The van der Waals surface area contributed by atoms with Crippen LogP contribution in [0.2, 0.25) is 0 Å². The molecule has 0 aromatic heterocycles. The van der Waals surface area contributed by atoms with Gasteiger partial charge in [0.25, 0.3) is 0 Å². The Balaban J connectivity index is 2.46. The predicted octanol–water partition coefficient (Wildman–Crippen LogP) is -1.59. The normalized spacial score (nSPS) is 49.2. The predicted molar refractivity (Wildman–Crippen MR) is 35.2 cm³/mol. The van der Waals surface area contributed by atoms with Gasteiger partial charge in [0.15, 0.2) is 0 Å².